The van der Waals surface area contributed by atoms with E-state index < -0.39 is 6.43 Å². The second-order valence-corrected chi connectivity index (χ2v) is 9.96. The zero-order valence-electron chi connectivity index (χ0n) is 20.5. The number of nitrogens with two attached hydrogens (primary N) is 1. The average molecular weight is 484 g/mol. The highest BCUT2D eigenvalue weighted by Crippen LogP contribution is 2.47. The van der Waals surface area contributed by atoms with E-state index in [9.17, 15) is 8.78 Å². The molecule has 5 rings (SSSR count). The lowest BCUT2D eigenvalue weighted by molar-refractivity contribution is 0.120. The number of alkyl halides is 2. The number of hydrogen-bond donors (Lipinski definition) is 2. The number of benzene rings is 2. The van der Waals surface area contributed by atoms with Crippen molar-refractivity contribution in [3.63, 3.8) is 0 Å². The van der Waals surface area contributed by atoms with Crippen LogP contribution in [0, 0.1) is 6.92 Å². The number of hydrogen-bond acceptors (Lipinski definition) is 7. The molecule has 0 amide bonds. The first kappa shape index (κ1) is 23.5. The van der Waals surface area contributed by atoms with Crippen LogP contribution >= 0.6 is 0 Å². The Hall–Kier alpha value is -3.20. The number of nitrogens with zero attached hydrogens (tertiary/aromatic N) is 3. The fourth-order valence-electron chi connectivity index (χ4n) is 4.94. The van der Waals surface area contributed by atoms with Gasteiger partial charge in [0.25, 0.3) is 6.43 Å². The number of nitrogen functional groups attached to an aromatic ring is 1. The number of aryl methyl sites for hydroxylation is 1. The largest absolute Gasteiger partial charge is 0.485 e. The van der Waals surface area contributed by atoms with Crippen LogP contribution in [0.1, 0.15) is 55.8 Å². The average Bonchev–Trinajstić information content (AvgIpc) is 3.14. The summed E-state index contributed by atoms with van der Waals surface area (Å²) < 4.78 is 38.7. The summed E-state index contributed by atoms with van der Waals surface area (Å²) in [7, 11) is 0. The third-order valence-corrected chi connectivity index (χ3v) is 6.57. The van der Waals surface area contributed by atoms with Crippen molar-refractivity contribution >= 4 is 28.1 Å². The fourth-order valence-corrected chi connectivity index (χ4v) is 4.94. The van der Waals surface area contributed by atoms with Crippen LogP contribution in [0.4, 0.5) is 26.0 Å². The van der Waals surface area contributed by atoms with Gasteiger partial charge >= 0.3 is 0 Å². The van der Waals surface area contributed by atoms with Crippen LogP contribution in [-0.2, 0) is 11.2 Å². The number of rotatable bonds is 5. The van der Waals surface area contributed by atoms with E-state index in [4.69, 9.17) is 25.2 Å². The van der Waals surface area contributed by atoms with E-state index in [0.717, 1.165) is 47.4 Å². The summed E-state index contributed by atoms with van der Waals surface area (Å²) in [5.74, 6) is 2.15. The van der Waals surface area contributed by atoms with Crippen molar-refractivity contribution in [1.29, 1.82) is 0 Å². The van der Waals surface area contributed by atoms with Crippen molar-refractivity contribution < 1.29 is 18.3 Å². The molecule has 186 valence electrons. The summed E-state index contributed by atoms with van der Waals surface area (Å²) >= 11 is 0. The SMILES string of the molecule is Cc1nc(NC(C)c2cc(N)cc(C(F)F)c2)c2cc(N3CCOCC3)c3c(c2n1)CC(C)(C)O3. The van der Waals surface area contributed by atoms with Crippen molar-refractivity contribution in [2.75, 3.05) is 42.3 Å². The van der Waals surface area contributed by atoms with E-state index in [-0.39, 0.29) is 17.2 Å². The molecule has 0 spiro atoms. The summed E-state index contributed by atoms with van der Waals surface area (Å²) in [6, 6.07) is 6.29. The molecule has 2 aliphatic heterocycles. The number of morpholine rings is 1. The standard InChI is InChI=1S/C26H31F2N5O2/c1-14(16-9-17(24(27)28)11-18(29)10-16)30-25-19-12-21(33-5-7-34-8-6-33)23-20(13-26(3,4)35-23)22(19)31-15(2)32-25/h9-12,14,24H,5-8,13,29H2,1-4H3,(H,30,31,32). The molecule has 0 bridgehead atoms. The van der Waals surface area contributed by atoms with Gasteiger partial charge in [0.2, 0.25) is 0 Å². The molecule has 1 unspecified atom stereocenters. The summed E-state index contributed by atoms with van der Waals surface area (Å²) in [6.45, 7) is 10.8. The number of fused-ring (bicyclic) bond motifs is 3. The van der Waals surface area contributed by atoms with Crippen molar-refractivity contribution in [1.82, 2.24) is 9.97 Å². The van der Waals surface area contributed by atoms with Crippen LogP contribution in [0.15, 0.2) is 24.3 Å². The Balaban J connectivity index is 1.61. The summed E-state index contributed by atoms with van der Waals surface area (Å²) in [6.07, 6.45) is -1.86. The molecule has 2 aromatic carbocycles. The molecule has 1 saturated heterocycles. The molecule has 7 nitrogen and oxygen atoms in total. The van der Waals surface area contributed by atoms with Crippen LogP contribution in [-0.4, -0.2) is 41.9 Å². The Morgan fingerprint density at radius 3 is 2.51 bits per heavy atom. The zero-order chi connectivity index (χ0) is 24.9. The number of anilines is 3. The first-order valence-corrected chi connectivity index (χ1v) is 11.9. The normalized spacial score (nSPS) is 18.0. The molecule has 1 fully saturated rings. The van der Waals surface area contributed by atoms with Gasteiger partial charge in [-0.15, -0.1) is 0 Å². The van der Waals surface area contributed by atoms with Crippen molar-refractivity contribution in [2.24, 2.45) is 0 Å². The molecular weight excluding hydrogens is 452 g/mol. The first-order chi connectivity index (χ1) is 16.6. The van der Waals surface area contributed by atoms with Gasteiger partial charge in [0, 0.05) is 41.7 Å². The second kappa shape index (κ2) is 8.78. The highest BCUT2D eigenvalue weighted by molar-refractivity contribution is 5.97. The lowest BCUT2D eigenvalue weighted by Crippen LogP contribution is -2.36. The third-order valence-electron chi connectivity index (χ3n) is 6.57. The molecule has 1 atom stereocenters. The van der Waals surface area contributed by atoms with E-state index in [0.29, 0.717) is 36.1 Å². The summed E-state index contributed by atoms with van der Waals surface area (Å²) in [5.41, 5.74) is 9.39. The molecule has 2 aliphatic rings. The lowest BCUT2D eigenvalue weighted by atomic mass is 9.98. The Morgan fingerprint density at radius 1 is 1.09 bits per heavy atom. The lowest BCUT2D eigenvalue weighted by Gasteiger charge is -2.31. The highest BCUT2D eigenvalue weighted by atomic mass is 19.3. The van der Waals surface area contributed by atoms with E-state index in [1.165, 1.54) is 12.1 Å². The number of halogens is 2. The van der Waals surface area contributed by atoms with Crippen LogP contribution in [0.25, 0.3) is 10.9 Å². The van der Waals surface area contributed by atoms with Gasteiger partial charge in [0.15, 0.2) is 0 Å². The highest BCUT2D eigenvalue weighted by Gasteiger charge is 2.36. The maximum absolute atomic E-state index is 13.4. The minimum absolute atomic E-state index is 0.0934. The van der Waals surface area contributed by atoms with E-state index in [2.05, 4.69) is 30.1 Å². The number of nitrogens with one attached hydrogen (secondary N) is 1. The zero-order valence-corrected chi connectivity index (χ0v) is 20.5. The molecule has 9 heteroatoms. The molecular formula is C26H31F2N5O2. The topological polar surface area (TPSA) is 85.5 Å². The van der Waals surface area contributed by atoms with Crippen molar-refractivity contribution in [2.45, 2.75) is 52.2 Å². The van der Waals surface area contributed by atoms with Gasteiger partial charge in [-0.05, 0) is 57.5 Å². The Kier molecular flexibility index (Phi) is 5.91. The predicted molar refractivity (Wildman–Crippen MR) is 134 cm³/mol. The Bertz CT molecular complexity index is 1270. The van der Waals surface area contributed by atoms with Gasteiger partial charge in [0.05, 0.1) is 30.5 Å². The van der Waals surface area contributed by atoms with Crippen molar-refractivity contribution in [3.8, 4) is 5.75 Å². The molecule has 0 saturated carbocycles. The number of aromatic nitrogens is 2. The molecule has 1 aromatic heterocycles. The van der Waals surface area contributed by atoms with E-state index >= 15 is 0 Å². The third kappa shape index (κ3) is 4.57. The van der Waals surface area contributed by atoms with E-state index in [1.54, 1.807) is 6.07 Å². The molecule has 3 aromatic rings. The fraction of sp³-hybridized carbons (Fsp3) is 0.462. The Morgan fingerprint density at radius 2 is 1.80 bits per heavy atom. The Labute approximate surface area is 203 Å². The molecule has 0 aliphatic carbocycles. The van der Waals surface area contributed by atoms with Crippen LogP contribution in [0.5, 0.6) is 5.75 Å². The summed E-state index contributed by atoms with van der Waals surface area (Å²) in [4.78, 5) is 11.8. The second-order valence-electron chi connectivity index (χ2n) is 9.96. The first-order valence-electron chi connectivity index (χ1n) is 11.9. The number of ether oxygens (including phenoxy) is 2. The maximum Gasteiger partial charge on any atom is 0.263 e. The molecule has 3 N–H and O–H groups in total. The van der Waals surface area contributed by atoms with Crippen molar-refractivity contribution in [3.05, 3.63) is 46.8 Å². The minimum Gasteiger partial charge on any atom is -0.485 e. The smallest absolute Gasteiger partial charge is 0.263 e. The van der Waals surface area contributed by atoms with Crippen LogP contribution in [0.2, 0.25) is 0 Å². The minimum atomic E-state index is -2.59. The van der Waals surface area contributed by atoms with Crippen LogP contribution in [0.3, 0.4) is 0 Å². The molecule has 3 heterocycles. The molecule has 35 heavy (non-hydrogen) atoms. The predicted octanol–water partition coefficient (Wildman–Crippen LogP) is 5.18. The van der Waals surface area contributed by atoms with Gasteiger partial charge in [-0.25, -0.2) is 18.7 Å². The monoisotopic (exact) mass is 483 g/mol. The van der Waals surface area contributed by atoms with Gasteiger partial charge in [-0.1, -0.05) is 0 Å². The molecule has 0 radical (unpaired) electrons. The van der Waals surface area contributed by atoms with Crippen LogP contribution < -0.4 is 20.7 Å². The van der Waals surface area contributed by atoms with Gasteiger partial charge in [-0.2, -0.15) is 0 Å². The van der Waals surface area contributed by atoms with E-state index in [1.807, 2.05) is 13.8 Å². The van der Waals surface area contributed by atoms with Gasteiger partial charge in [-0.3, -0.25) is 0 Å². The maximum atomic E-state index is 13.4. The van der Waals surface area contributed by atoms with Gasteiger partial charge < -0.3 is 25.4 Å². The van der Waals surface area contributed by atoms with Gasteiger partial charge in [0.1, 0.15) is 23.0 Å². The quantitative estimate of drug-likeness (QED) is 0.484. The summed E-state index contributed by atoms with van der Waals surface area (Å²) in [5, 5.41) is 4.32.